The zero-order valence-corrected chi connectivity index (χ0v) is 11.5. The summed E-state index contributed by atoms with van der Waals surface area (Å²) in [6, 6.07) is 8.65. The summed E-state index contributed by atoms with van der Waals surface area (Å²) in [7, 11) is 0. The van der Waals surface area contributed by atoms with Gasteiger partial charge in [0.2, 0.25) is 0 Å². The Morgan fingerprint density at radius 1 is 1.24 bits per heavy atom. The van der Waals surface area contributed by atoms with Gasteiger partial charge in [0.25, 0.3) is 0 Å². The van der Waals surface area contributed by atoms with Crippen molar-refractivity contribution < 1.29 is 19.0 Å². The first-order chi connectivity index (χ1) is 9.92. The fourth-order valence-electron chi connectivity index (χ4n) is 2.04. The summed E-state index contributed by atoms with van der Waals surface area (Å²) in [6.45, 7) is 3.51. The molecular weight excluding hydrogens is 273 g/mol. The highest BCUT2D eigenvalue weighted by Crippen LogP contribution is 2.32. The number of aryl methyl sites for hydroxylation is 2. The maximum atomic E-state index is 13.1. The molecule has 0 bridgehead atoms. The van der Waals surface area contributed by atoms with Crippen LogP contribution in [0.5, 0.6) is 11.5 Å². The second kappa shape index (κ2) is 5.63. The topological polar surface area (TPSA) is 70.3 Å². The molecule has 2 aromatic rings. The highest BCUT2D eigenvalue weighted by atomic mass is 19.1. The molecule has 0 unspecified atom stereocenters. The maximum absolute atomic E-state index is 13.1. The van der Waals surface area contributed by atoms with Gasteiger partial charge < -0.3 is 9.84 Å². The van der Waals surface area contributed by atoms with Crippen LogP contribution in [0.4, 0.5) is 4.39 Å². The van der Waals surface area contributed by atoms with Crippen LogP contribution in [0, 0.1) is 31.0 Å². The van der Waals surface area contributed by atoms with Gasteiger partial charge in [-0.15, -0.1) is 0 Å². The zero-order chi connectivity index (χ0) is 15.6. The van der Waals surface area contributed by atoms with Crippen LogP contribution >= 0.6 is 0 Å². The van der Waals surface area contributed by atoms with Crippen LogP contribution in [0.1, 0.15) is 27.0 Å². The molecule has 2 aromatic carbocycles. The minimum atomic E-state index is -1.27. The molecule has 0 aromatic heterocycles. The van der Waals surface area contributed by atoms with Gasteiger partial charge in [-0.25, -0.2) is 9.18 Å². The summed E-state index contributed by atoms with van der Waals surface area (Å²) in [5, 5.41) is 18.0. The van der Waals surface area contributed by atoms with Crippen molar-refractivity contribution in [3.8, 4) is 17.6 Å². The Morgan fingerprint density at radius 2 is 1.86 bits per heavy atom. The SMILES string of the molecule is Cc1cc(C#N)cc(C)c1Oc1ccc(F)cc1C(=O)O. The third kappa shape index (κ3) is 3.00. The van der Waals surface area contributed by atoms with Crippen molar-refractivity contribution in [1.29, 1.82) is 5.26 Å². The Labute approximate surface area is 121 Å². The van der Waals surface area contributed by atoms with E-state index in [4.69, 9.17) is 15.1 Å². The van der Waals surface area contributed by atoms with E-state index in [0.717, 1.165) is 12.1 Å². The van der Waals surface area contributed by atoms with Gasteiger partial charge in [-0.1, -0.05) is 0 Å². The summed E-state index contributed by atoms with van der Waals surface area (Å²) in [4.78, 5) is 11.1. The van der Waals surface area contributed by atoms with E-state index >= 15 is 0 Å². The van der Waals surface area contributed by atoms with Gasteiger partial charge in [-0.05, 0) is 55.3 Å². The van der Waals surface area contributed by atoms with Gasteiger partial charge in [0, 0.05) is 0 Å². The molecule has 0 heterocycles. The molecule has 0 aliphatic rings. The highest BCUT2D eigenvalue weighted by Gasteiger charge is 2.15. The Bertz CT molecular complexity index is 740. The molecule has 1 N–H and O–H groups in total. The van der Waals surface area contributed by atoms with Crippen LogP contribution in [-0.2, 0) is 0 Å². The molecule has 0 aliphatic carbocycles. The van der Waals surface area contributed by atoms with Crippen molar-refractivity contribution in [2.75, 3.05) is 0 Å². The summed E-state index contributed by atoms with van der Waals surface area (Å²) >= 11 is 0. The van der Waals surface area contributed by atoms with E-state index in [1.165, 1.54) is 6.07 Å². The van der Waals surface area contributed by atoms with Crippen LogP contribution < -0.4 is 4.74 Å². The van der Waals surface area contributed by atoms with E-state index in [2.05, 4.69) is 0 Å². The van der Waals surface area contributed by atoms with Gasteiger partial charge in [0.1, 0.15) is 22.9 Å². The van der Waals surface area contributed by atoms with E-state index in [9.17, 15) is 9.18 Å². The Balaban J connectivity index is 2.49. The second-order valence-electron chi connectivity index (χ2n) is 4.60. The minimum Gasteiger partial charge on any atom is -0.478 e. The fraction of sp³-hybridized carbons (Fsp3) is 0.125. The molecule has 0 fully saturated rings. The number of nitrogens with zero attached hydrogens (tertiary/aromatic N) is 1. The minimum absolute atomic E-state index is 0.0554. The van der Waals surface area contributed by atoms with E-state index in [-0.39, 0.29) is 11.3 Å². The Morgan fingerprint density at radius 3 is 2.38 bits per heavy atom. The summed E-state index contributed by atoms with van der Waals surface area (Å²) < 4.78 is 18.8. The van der Waals surface area contributed by atoms with Gasteiger partial charge >= 0.3 is 5.97 Å². The molecule has 4 nitrogen and oxygen atoms in total. The van der Waals surface area contributed by atoms with Crippen molar-refractivity contribution in [3.05, 3.63) is 58.4 Å². The molecule has 2 rings (SSSR count). The van der Waals surface area contributed by atoms with Crippen molar-refractivity contribution >= 4 is 5.97 Å². The normalized spacial score (nSPS) is 10.0. The number of halogens is 1. The summed E-state index contributed by atoms with van der Waals surface area (Å²) in [5.41, 5.74) is 1.65. The molecule has 0 radical (unpaired) electrons. The average molecular weight is 285 g/mol. The maximum Gasteiger partial charge on any atom is 0.339 e. The number of carboxylic acid groups (broad SMARTS) is 1. The molecule has 0 aliphatic heterocycles. The van der Waals surface area contributed by atoms with E-state index < -0.39 is 11.8 Å². The van der Waals surface area contributed by atoms with Crippen LogP contribution in [0.15, 0.2) is 30.3 Å². The number of benzene rings is 2. The molecule has 0 spiro atoms. The number of hydrogen-bond acceptors (Lipinski definition) is 3. The van der Waals surface area contributed by atoms with Gasteiger partial charge in [-0.3, -0.25) is 0 Å². The average Bonchev–Trinajstić information content (AvgIpc) is 2.43. The number of aromatic carboxylic acids is 1. The summed E-state index contributed by atoms with van der Waals surface area (Å²) in [6.07, 6.45) is 0. The first kappa shape index (κ1) is 14.5. The largest absolute Gasteiger partial charge is 0.478 e. The molecule has 5 heteroatoms. The van der Waals surface area contributed by atoms with Crippen LogP contribution in [0.2, 0.25) is 0 Å². The molecule has 0 saturated carbocycles. The smallest absolute Gasteiger partial charge is 0.339 e. The lowest BCUT2D eigenvalue weighted by Crippen LogP contribution is -2.02. The molecule has 0 saturated heterocycles. The molecule has 0 atom stereocenters. The third-order valence-corrected chi connectivity index (χ3v) is 2.97. The van der Waals surface area contributed by atoms with Crippen LogP contribution in [0.3, 0.4) is 0 Å². The van der Waals surface area contributed by atoms with Crippen molar-refractivity contribution in [2.45, 2.75) is 13.8 Å². The first-order valence-corrected chi connectivity index (χ1v) is 6.14. The lowest BCUT2D eigenvalue weighted by Gasteiger charge is -2.14. The predicted molar refractivity (Wildman–Crippen MR) is 74.1 cm³/mol. The quantitative estimate of drug-likeness (QED) is 0.931. The number of nitriles is 1. The molecule has 21 heavy (non-hydrogen) atoms. The monoisotopic (exact) mass is 285 g/mol. The third-order valence-electron chi connectivity index (χ3n) is 2.97. The predicted octanol–water partition coefficient (Wildman–Crippen LogP) is 3.80. The Kier molecular flexibility index (Phi) is 3.90. The fourth-order valence-corrected chi connectivity index (χ4v) is 2.04. The van der Waals surface area contributed by atoms with Crippen LogP contribution in [-0.4, -0.2) is 11.1 Å². The molecule has 0 amide bonds. The number of carboxylic acids is 1. The van der Waals surface area contributed by atoms with E-state index in [0.29, 0.717) is 22.4 Å². The van der Waals surface area contributed by atoms with Gasteiger partial charge in [-0.2, -0.15) is 5.26 Å². The van der Waals surface area contributed by atoms with Crippen molar-refractivity contribution in [1.82, 2.24) is 0 Å². The number of rotatable bonds is 3. The van der Waals surface area contributed by atoms with Gasteiger partial charge in [0.05, 0.1) is 11.6 Å². The lowest BCUT2D eigenvalue weighted by atomic mass is 10.1. The zero-order valence-electron chi connectivity index (χ0n) is 11.5. The highest BCUT2D eigenvalue weighted by molar-refractivity contribution is 5.91. The van der Waals surface area contributed by atoms with Crippen molar-refractivity contribution in [3.63, 3.8) is 0 Å². The number of hydrogen-bond donors (Lipinski definition) is 1. The van der Waals surface area contributed by atoms with E-state index in [1.807, 2.05) is 6.07 Å². The lowest BCUT2D eigenvalue weighted by molar-refractivity contribution is 0.0693. The standard InChI is InChI=1S/C16H12FNO3/c1-9-5-11(8-18)6-10(2)15(9)21-14-4-3-12(17)7-13(14)16(19)20/h3-7H,1-2H3,(H,19,20). The second-order valence-corrected chi connectivity index (χ2v) is 4.60. The molecule has 106 valence electrons. The molecular formula is C16H12FNO3. The first-order valence-electron chi connectivity index (χ1n) is 6.14. The van der Waals surface area contributed by atoms with E-state index in [1.54, 1.807) is 26.0 Å². The number of ether oxygens (including phenoxy) is 1. The van der Waals surface area contributed by atoms with Gasteiger partial charge in [0.15, 0.2) is 0 Å². The van der Waals surface area contributed by atoms with Crippen LogP contribution in [0.25, 0.3) is 0 Å². The van der Waals surface area contributed by atoms with Crippen molar-refractivity contribution in [2.24, 2.45) is 0 Å². The summed E-state index contributed by atoms with van der Waals surface area (Å²) in [5.74, 6) is -1.40. The number of carbonyl (C=O) groups is 1. The Hall–Kier alpha value is -2.87.